The van der Waals surface area contributed by atoms with Crippen LogP contribution in [-0.4, -0.2) is 18.6 Å². The molecule has 0 aliphatic rings. The van der Waals surface area contributed by atoms with Gasteiger partial charge in [-0.1, -0.05) is 25.5 Å². The molecular formula is C17H23NO2. The van der Waals surface area contributed by atoms with Gasteiger partial charge in [0.25, 0.3) is 0 Å². The molecule has 20 heavy (non-hydrogen) atoms. The van der Waals surface area contributed by atoms with Crippen molar-refractivity contribution in [3.05, 3.63) is 54.0 Å². The molecule has 2 rings (SSSR count). The molecule has 0 fully saturated rings. The van der Waals surface area contributed by atoms with Crippen LogP contribution < -0.4 is 4.74 Å². The minimum Gasteiger partial charge on any atom is -0.497 e. The predicted molar refractivity (Wildman–Crippen MR) is 80.7 cm³/mol. The lowest BCUT2D eigenvalue weighted by Gasteiger charge is -2.21. The molecule has 0 saturated carbocycles. The van der Waals surface area contributed by atoms with E-state index in [2.05, 4.69) is 24.0 Å². The van der Waals surface area contributed by atoms with Crippen LogP contribution in [0.3, 0.4) is 0 Å². The zero-order valence-corrected chi connectivity index (χ0v) is 12.3. The van der Waals surface area contributed by atoms with E-state index in [1.54, 1.807) is 13.4 Å². The van der Waals surface area contributed by atoms with E-state index in [9.17, 15) is 0 Å². The van der Waals surface area contributed by atoms with Gasteiger partial charge in [-0.25, -0.2) is 0 Å². The summed E-state index contributed by atoms with van der Waals surface area (Å²) in [5.74, 6) is 1.93. The van der Waals surface area contributed by atoms with Crippen molar-refractivity contribution in [3.63, 3.8) is 0 Å². The van der Waals surface area contributed by atoms with E-state index in [0.29, 0.717) is 0 Å². The fourth-order valence-corrected chi connectivity index (χ4v) is 2.21. The standard InChI is InChI=1S/C17H23NO2/c1-3-4-11-18(14-17-6-5-12-20-17)13-15-7-9-16(19-2)10-8-15/h5-10,12H,3-4,11,13-14H2,1-2H3. The van der Waals surface area contributed by atoms with Crippen LogP contribution in [0.1, 0.15) is 31.1 Å². The van der Waals surface area contributed by atoms with E-state index < -0.39 is 0 Å². The molecule has 0 unspecified atom stereocenters. The summed E-state index contributed by atoms with van der Waals surface area (Å²) in [5.41, 5.74) is 1.30. The molecule has 3 heteroatoms. The number of rotatable bonds is 8. The highest BCUT2D eigenvalue weighted by Crippen LogP contribution is 2.15. The van der Waals surface area contributed by atoms with Gasteiger partial charge in [-0.2, -0.15) is 0 Å². The maximum absolute atomic E-state index is 5.46. The second-order valence-corrected chi connectivity index (χ2v) is 4.99. The number of unbranched alkanes of at least 4 members (excludes halogenated alkanes) is 1. The van der Waals surface area contributed by atoms with Gasteiger partial charge in [0.2, 0.25) is 0 Å². The zero-order chi connectivity index (χ0) is 14.2. The zero-order valence-electron chi connectivity index (χ0n) is 12.3. The lowest BCUT2D eigenvalue weighted by molar-refractivity contribution is 0.232. The van der Waals surface area contributed by atoms with E-state index in [-0.39, 0.29) is 0 Å². The monoisotopic (exact) mass is 273 g/mol. The highest BCUT2D eigenvalue weighted by atomic mass is 16.5. The molecule has 108 valence electrons. The van der Waals surface area contributed by atoms with Crippen molar-refractivity contribution < 1.29 is 9.15 Å². The van der Waals surface area contributed by atoms with Gasteiger partial charge < -0.3 is 9.15 Å². The average molecular weight is 273 g/mol. The number of nitrogens with zero attached hydrogens (tertiary/aromatic N) is 1. The number of methoxy groups -OCH3 is 1. The van der Waals surface area contributed by atoms with E-state index in [1.807, 2.05) is 24.3 Å². The summed E-state index contributed by atoms with van der Waals surface area (Å²) in [6, 6.07) is 12.3. The third-order valence-electron chi connectivity index (χ3n) is 3.35. The SMILES string of the molecule is CCCCN(Cc1ccc(OC)cc1)Cc1ccco1. The summed E-state index contributed by atoms with van der Waals surface area (Å²) in [6.07, 6.45) is 4.15. The molecule has 0 atom stereocenters. The number of furan rings is 1. The fourth-order valence-electron chi connectivity index (χ4n) is 2.21. The van der Waals surface area contributed by atoms with Gasteiger partial charge in [0.1, 0.15) is 11.5 Å². The first-order valence-corrected chi connectivity index (χ1v) is 7.19. The lowest BCUT2D eigenvalue weighted by Crippen LogP contribution is -2.23. The Bertz CT molecular complexity index is 476. The summed E-state index contributed by atoms with van der Waals surface area (Å²) in [7, 11) is 1.69. The van der Waals surface area contributed by atoms with Gasteiger partial charge in [0.15, 0.2) is 0 Å². The number of benzene rings is 1. The van der Waals surface area contributed by atoms with Gasteiger partial charge >= 0.3 is 0 Å². The van der Waals surface area contributed by atoms with E-state index >= 15 is 0 Å². The molecule has 1 heterocycles. The van der Waals surface area contributed by atoms with Gasteiger partial charge in [-0.15, -0.1) is 0 Å². The predicted octanol–water partition coefficient (Wildman–Crippen LogP) is 4.09. The Kier molecular flexibility index (Phi) is 5.69. The minimum atomic E-state index is 0.860. The third kappa shape index (κ3) is 4.42. The van der Waals surface area contributed by atoms with Crippen molar-refractivity contribution in [2.45, 2.75) is 32.9 Å². The molecule has 0 aliphatic carbocycles. The molecule has 0 spiro atoms. The Hall–Kier alpha value is -1.74. The van der Waals surface area contributed by atoms with Crippen LogP contribution in [0.4, 0.5) is 0 Å². The van der Waals surface area contributed by atoms with Crippen molar-refractivity contribution in [1.29, 1.82) is 0 Å². The molecule has 3 nitrogen and oxygen atoms in total. The number of hydrogen-bond donors (Lipinski definition) is 0. The molecular weight excluding hydrogens is 250 g/mol. The van der Waals surface area contributed by atoms with E-state index in [4.69, 9.17) is 9.15 Å². The average Bonchev–Trinajstić information content (AvgIpc) is 2.98. The van der Waals surface area contributed by atoms with Crippen LogP contribution in [0.15, 0.2) is 47.1 Å². The molecule has 0 aliphatic heterocycles. The second kappa shape index (κ2) is 7.75. The first-order valence-electron chi connectivity index (χ1n) is 7.19. The molecule has 0 bridgehead atoms. The van der Waals surface area contributed by atoms with Crippen LogP contribution >= 0.6 is 0 Å². The van der Waals surface area contributed by atoms with Crippen molar-refractivity contribution in [3.8, 4) is 5.75 Å². The van der Waals surface area contributed by atoms with Crippen molar-refractivity contribution in [2.24, 2.45) is 0 Å². The summed E-state index contributed by atoms with van der Waals surface area (Å²) >= 11 is 0. The molecule has 0 radical (unpaired) electrons. The molecule has 1 aromatic heterocycles. The largest absolute Gasteiger partial charge is 0.497 e. The summed E-state index contributed by atoms with van der Waals surface area (Å²) < 4.78 is 10.7. The second-order valence-electron chi connectivity index (χ2n) is 4.99. The maximum atomic E-state index is 5.46. The van der Waals surface area contributed by atoms with Crippen molar-refractivity contribution in [2.75, 3.05) is 13.7 Å². The van der Waals surface area contributed by atoms with Gasteiger partial charge in [-0.05, 0) is 42.8 Å². The lowest BCUT2D eigenvalue weighted by atomic mass is 10.2. The van der Waals surface area contributed by atoms with E-state index in [1.165, 1.54) is 18.4 Å². The van der Waals surface area contributed by atoms with Crippen LogP contribution in [-0.2, 0) is 13.1 Å². The van der Waals surface area contributed by atoms with Gasteiger partial charge in [-0.3, -0.25) is 4.90 Å². The number of ether oxygens (including phenoxy) is 1. The first kappa shape index (κ1) is 14.7. The Morgan fingerprint density at radius 3 is 2.50 bits per heavy atom. The Labute approximate surface area is 121 Å². The van der Waals surface area contributed by atoms with Crippen LogP contribution in [0.5, 0.6) is 5.75 Å². The quantitative estimate of drug-likeness (QED) is 0.724. The highest BCUT2D eigenvalue weighted by molar-refractivity contribution is 5.27. The molecule has 1 aromatic carbocycles. The number of hydrogen-bond acceptors (Lipinski definition) is 3. The third-order valence-corrected chi connectivity index (χ3v) is 3.35. The van der Waals surface area contributed by atoms with Crippen molar-refractivity contribution >= 4 is 0 Å². The molecule has 0 amide bonds. The maximum Gasteiger partial charge on any atom is 0.118 e. The Balaban J connectivity index is 1.98. The fraction of sp³-hybridized carbons (Fsp3) is 0.412. The molecule has 0 saturated heterocycles. The normalized spacial score (nSPS) is 10.9. The highest BCUT2D eigenvalue weighted by Gasteiger charge is 2.08. The summed E-state index contributed by atoms with van der Waals surface area (Å²) in [4.78, 5) is 2.42. The molecule has 0 N–H and O–H groups in total. The van der Waals surface area contributed by atoms with E-state index in [0.717, 1.165) is 31.1 Å². The Morgan fingerprint density at radius 1 is 1.10 bits per heavy atom. The topological polar surface area (TPSA) is 25.6 Å². The van der Waals surface area contributed by atoms with Crippen LogP contribution in [0.2, 0.25) is 0 Å². The Morgan fingerprint density at radius 2 is 1.90 bits per heavy atom. The van der Waals surface area contributed by atoms with Crippen LogP contribution in [0, 0.1) is 0 Å². The van der Waals surface area contributed by atoms with Gasteiger partial charge in [0, 0.05) is 6.54 Å². The summed E-state index contributed by atoms with van der Waals surface area (Å²) in [5, 5.41) is 0. The smallest absolute Gasteiger partial charge is 0.118 e. The minimum absolute atomic E-state index is 0.860. The van der Waals surface area contributed by atoms with Gasteiger partial charge in [0.05, 0.1) is 19.9 Å². The first-order chi connectivity index (χ1) is 9.81. The van der Waals surface area contributed by atoms with Crippen molar-refractivity contribution in [1.82, 2.24) is 4.90 Å². The van der Waals surface area contributed by atoms with Crippen LogP contribution in [0.25, 0.3) is 0 Å². The molecule has 2 aromatic rings. The summed E-state index contributed by atoms with van der Waals surface area (Å²) in [6.45, 7) is 5.10.